The lowest BCUT2D eigenvalue weighted by molar-refractivity contribution is -0.384. The van der Waals surface area contributed by atoms with Crippen molar-refractivity contribution in [1.29, 1.82) is 0 Å². The van der Waals surface area contributed by atoms with Crippen molar-refractivity contribution in [2.24, 2.45) is 0 Å². The molecule has 21 heavy (non-hydrogen) atoms. The van der Waals surface area contributed by atoms with Crippen molar-refractivity contribution in [3.63, 3.8) is 0 Å². The smallest absolute Gasteiger partial charge is 0.273 e. The van der Waals surface area contributed by atoms with Gasteiger partial charge in [0.25, 0.3) is 5.69 Å². The van der Waals surface area contributed by atoms with Crippen molar-refractivity contribution in [1.82, 2.24) is 0 Å². The van der Waals surface area contributed by atoms with Crippen LogP contribution in [0.2, 0.25) is 0 Å². The fourth-order valence-electron chi connectivity index (χ4n) is 2.30. The molecule has 5 heteroatoms. The number of nitro benzene ring substituents is 1. The van der Waals surface area contributed by atoms with Crippen molar-refractivity contribution in [3.05, 3.63) is 28.3 Å². The van der Waals surface area contributed by atoms with Gasteiger partial charge in [-0.2, -0.15) is 0 Å². The number of anilines is 1. The van der Waals surface area contributed by atoms with Crippen LogP contribution in [0, 0.1) is 10.1 Å². The Kier molecular flexibility index (Phi) is 7.58. The van der Waals surface area contributed by atoms with Gasteiger partial charge in [0, 0.05) is 12.1 Å². The van der Waals surface area contributed by atoms with Crippen LogP contribution in [0.5, 0.6) is 5.75 Å². The summed E-state index contributed by atoms with van der Waals surface area (Å²) in [5.41, 5.74) is 0.855. The summed E-state index contributed by atoms with van der Waals surface area (Å²) in [6.07, 6.45) is 7.40. The monoisotopic (exact) mass is 294 g/mol. The SMILES string of the molecule is CCCCCCCC(C)Nc1ccc([N+](=O)[O-])cc1OC. The Hall–Kier alpha value is -1.78. The van der Waals surface area contributed by atoms with Crippen molar-refractivity contribution in [2.45, 2.75) is 58.4 Å². The lowest BCUT2D eigenvalue weighted by Crippen LogP contribution is -2.15. The van der Waals surface area contributed by atoms with Crippen LogP contribution in [-0.4, -0.2) is 18.1 Å². The first-order chi connectivity index (χ1) is 10.1. The first-order valence-corrected chi connectivity index (χ1v) is 7.67. The maximum Gasteiger partial charge on any atom is 0.273 e. The molecule has 5 nitrogen and oxygen atoms in total. The summed E-state index contributed by atoms with van der Waals surface area (Å²) in [5.74, 6) is 0.516. The molecule has 118 valence electrons. The number of nitrogens with zero attached hydrogens (tertiary/aromatic N) is 1. The summed E-state index contributed by atoms with van der Waals surface area (Å²) in [6.45, 7) is 4.34. The van der Waals surface area contributed by atoms with Gasteiger partial charge in [0.05, 0.1) is 23.8 Å². The van der Waals surface area contributed by atoms with Gasteiger partial charge < -0.3 is 10.1 Å². The number of nitro groups is 1. The highest BCUT2D eigenvalue weighted by Crippen LogP contribution is 2.29. The van der Waals surface area contributed by atoms with Gasteiger partial charge >= 0.3 is 0 Å². The van der Waals surface area contributed by atoms with Crippen LogP contribution in [0.15, 0.2) is 18.2 Å². The zero-order valence-electron chi connectivity index (χ0n) is 13.2. The molecule has 1 unspecified atom stereocenters. The molecule has 0 amide bonds. The van der Waals surface area contributed by atoms with Crippen LogP contribution in [0.25, 0.3) is 0 Å². The number of hydrogen-bond donors (Lipinski definition) is 1. The average Bonchev–Trinajstić information content (AvgIpc) is 2.47. The molecule has 1 atom stereocenters. The van der Waals surface area contributed by atoms with E-state index in [0.29, 0.717) is 11.8 Å². The molecule has 1 N–H and O–H groups in total. The molecule has 0 saturated carbocycles. The molecule has 0 bridgehead atoms. The van der Waals surface area contributed by atoms with E-state index in [-0.39, 0.29) is 5.69 Å². The standard InChI is InChI=1S/C16H26N2O3/c1-4-5-6-7-8-9-13(2)17-15-11-10-14(18(19)20)12-16(15)21-3/h10-13,17H,4-9H2,1-3H3. The predicted molar refractivity (Wildman–Crippen MR) is 86.1 cm³/mol. The van der Waals surface area contributed by atoms with Crippen LogP contribution >= 0.6 is 0 Å². The van der Waals surface area contributed by atoms with Crippen LogP contribution in [0.3, 0.4) is 0 Å². The number of hydrogen-bond acceptors (Lipinski definition) is 4. The molecule has 0 saturated heterocycles. The number of methoxy groups -OCH3 is 1. The highest BCUT2D eigenvalue weighted by molar-refractivity contribution is 5.61. The molecule has 0 radical (unpaired) electrons. The summed E-state index contributed by atoms with van der Waals surface area (Å²) in [4.78, 5) is 10.3. The third-order valence-electron chi connectivity index (χ3n) is 3.54. The van der Waals surface area contributed by atoms with E-state index in [1.807, 2.05) is 0 Å². The zero-order valence-corrected chi connectivity index (χ0v) is 13.2. The summed E-state index contributed by atoms with van der Waals surface area (Å²) in [7, 11) is 1.53. The Morgan fingerprint density at radius 3 is 2.62 bits per heavy atom. The molecule has 0 heterocycles. The van der Waals surface area contributed by atoms with Crippen LogP contribution < -0.4 is 10.1 Å². The minimum atomic E-state index is -0.413. The largest absolute Gasteiger partial charge is 0.494 e. The molecule has 0 aliphatic rings. The van der Waals surface area contributed by atoms with E-state index in [1.165, 1.54) is 51.3 Å². The number of ether oxygens (including phenoxy) is 1. The van der Waals surface area contributed by atoms with E-state index in [2.05, 4.69) is 19.2 Å². The topological polar surface area (TPSA) is 64.4 Å². The van der Waals surface area contributed by atoms with E-state index in [0.717, 1.165) is 12.1 Å². The quantitative estimate of drug-likeness (QED) is 0.384. The highest BCUT2D eigenvalue weighted by Gasteiger charge is 2.12. The van der Waals surface area contributed by atoms with Gasteiger partial charge in [-0.3, -0.25) is 10.1 Å². The predicted octanol–water partition coefficient (Wildman–Crippen LogP) is 4.76. The molecule has 1 aromatic rings. The van der Waals surface area contributed by atoms with E-state index < -0.39 is 4.92 Å². The molecule has 1 aromatic carbocycles. The second-order valence-corrected chi connectivity index (χ2v) is 5.39. The van der Waals surface area contributed by atoms with Crippen molar-refractivity contribution < 1.29 is 9.66 Å². The zero-order chi connectivity index (χ0) is 15.7. The number of nitrogens with one attached hydrogen (secondary N) is 1. The Morgan fingerprint density at radius 1 is 1.29 bits per heavy atom. The van der Waals surface area contributed by atoms with Crippen LogP contribution in [0.1, 0.15) is 52.4 Å². The van der Waals surface area contributed by atoms with Gasteiger partial charge in [-0.05, 0) is 19.4 Å². The number of non-ortho nitro benzene ring substituents is 1. The van der Waals surface area contributed by atoms with E-state index >= 15 is 0 Å². The van der Waals surface area contributed by atoms with E-state index in [9.17, 15) is 10.1 Å². The van der Waals surface area contributed by atoms with Crippen molar-refractivity contribution >= 4 is 11.4 Å². The highest BCUT2D eigenvalue weighted by atomic mass is 16.6. The van der Waals surface area contributed by atoms with Crippen LogP contribution in [0.4, 0.5) is 11.4 Å². The summed E-state index contributed by atoms with van der Waals surface area (Å²) in [6, 6.07) is 4.99. The van der Waals surface area contributed by atoms with Crippen LogP contribution in [-0.2, 0) is 0 Å². The normalized spacial score (nSPS) is 12.0. The molecule has 1 rings (SSSR count). The molecule has 0 aliphatic carbocycles. The van der Waals surface area contributed by atoms with Gasteiger partial charge in [-0.15, -0.1) is 0 Å². The Labute approximate surface area is 126 Å². The maximum atomic E-state index is 10.8. The number of unbranched alkanes of at least 4 members (excludes halogenated alkanes) is 4. The Morgan fingerprint density at radius 2 is 2.00 bits per heavy atom. The Balaban J connectivity index is 2.51. The Bertz CT molecular complexity index is 449. The molecule has 0 spiro atoms. The number of benzene rings is 1. The van der Waals surface area contributed by atoms with Gasteiger partial charge in [-0.1, -0.05) is 39.0 Å². The molecule has 0 aromatic heterocycles. The minimum Gasteiger partial charge on any atom is -0.494 e. The fourth-order valence-corrected chi connectivity index (χ4v) is 2.30. The minimum absolute atomic E-state index is 0.0459. The molecule has 0 aliphatic heterocycles. The summed E-state index contributed by atoms with van der Waals surface area (Å²) < 4.78 is 5.23. The first kappa shape index (κ1) is 17.3. The average molecular weight is 294 g/mol. The molecular formula is C16H26N2O3. The van der Waals surface area contributed by atoms with Crippen molar-refractivity contribution in [2.75, 3.05) is 12.4 Å². The molecule has 0 fully saturated rings. The maximum absolute atomic E-state index is 10.8. The lowest BCUT2D eigenvalue weighted by atomic mass is 10.1. The lowest BCUT2D eigenvalue weighted by Gasteiger charge is -2.17. The third-order valence-corrected chi connectivity index (χ3v) is 3.54. The second kappa shape index (κ2) is 9.21. The fraction of sp³-hybridized carbons (Fsp3) is 0.625. The second-order valence-electron chi connectivity index (χ2n) is 5.39. The summed E-state index contributed by atoms with van der Waals surface area (Å²) in [5, 5.41) is 14.1. The third kappa shape index (κ3) is 6.02. The summed E-state index contributed by atoms with van der Waals surface area (Å²) >= 11 is 0. The van der Waals surface area contributed by atoms with Crippen molar-refractivity contribution in [3.8, 4) is 5.75 Å². The van der Waals surface area contributed by atoms with Gasteiger partial charge in [0.2, 0.25) is 0 Å². The number of rotatable bonds is 10. The van der Waals surface area contributed by atoms with E-state index in [1.54, 1.807) is 6.07 Å². The van der Waals surface area contributed by atoms with Gasteiger partial charge in [0.15, 0.2) is 0 Å². The molecular weight excluding hydrogens is 268 g/mol. The van der Waals surface area contributed by atoms with Gasteiger partial charge in [-0.25, -0.2) is 0 Å². The van der Waals surface area contributed by atoms with Gasteiger partial charge in [0.1, 0.15) is 5.75 Å². The first-order valence-electron chi connectivity index (χ1n) is 7.67. The van der Waals surface area contributed by atoms with E-state index in [4.69, 9.17) is 4.74 Å².